The minimum absolute atomic E-state index is 0.102. The quantitative estimate of drug-likeness (QED) is 0.445. The Bertz CT molecular complexity index is 763. The van der Waals surface area contributed by atoms with E-state index in [0.29, 0.717) is 11.6 Å². The molecule has 2 aliphatic carbocycles. The smallest absolute Gasteiger partial charge is 0.346 e. The van der Waals surface area contributed by atoms with Crippen molar-refractivity contribution in [3.8, 4) is 0 Å². The highest BCUT2D eigenvalue weighted by molar-refractivity contribution is 8.00. The first-order valence-corrected chi connectivity index (χ1v) is 9.99. The van der Waals surface area contributed by atoms with Gasteiger partial charge in [-0.3, -0.25) is 4.79 Å². The Labute approximate surface area is 156 Å². The van der Waals surface area contributed by atoms with Gasteiger partial charge in [0.15, 0.2) is 0 Å². The number of carbonyl (C=O) groups excluding carboxylic acids is 2. The lowest BCUT2D eigenvalue weighted by atomic mass is 9.84. The Morgan fingerprint density at radius 1 is 1.38 bits per heavy atom. The van der Waals surface area contributed by atoms with E-state index in [0.717, 1.165) is 23.6 Å². The van der Waals surface area contributed by atoms with Gasteiger partial charge >= 0.3 is 11.7 Å². The van der Waals surface area contributed by atoms with E-state index in [1.165, 1.54) is 32.8 Å². The third-order valence-electron chi connectivity index (χ3n) is 5.64. The number of nitrogens with zero attached hydrogens (tertiary/aromatic N) is 1. The van der Waals surface area contributed by atoms with Crippen molar-refractivity contribution in [3.63, 3.8) is 0 Å². The van der Waals surface area contributed by atoms with Gasteiger partial charge in [-0.2, -0.15) is 4.98 Å². The molecule has 3 rings (SSSR count). The summed E-state index contributed by atoms with van der Waals surface area (Å²) in [6.07, 6.45) is 5.13. The number of nitrogens with one attached hydrogen (secondary N) is 2. The van der Waals surface area contributed by atoms with Crippen LogP contribution in [0.15, 0.2) is 9.82 Å². The number of hydrogen-bond donors (Lipinski definition) is 2. The van der Waals surface area contributed by atoms with Crippen LogP contribution in [0.25, 0.3) is 0 Å². The molecule has 4 atom stereocenters. The highest BCUT2D eigenvalue weighted by atomic mass is 32.2. The Balaban J connectivity index is 1.61. The number of H-pyrrole nitrogens is 1. The number of amides is 1. The molecule has 1 aromatic heterocycles. The predicted octanol–water partition coefficient (Wildman–Crippen LogP) is 1.90. The summed E-state index contributed by atoms with van der Waals surface area (Å²) in [6, 6.07) is 0.146. The molecule has 0 aliphatic heterocycles. The van der Waals surface area contributed by atoms with Crippen LogP contribution in [0.5, 0.6) is 0 Å². The Morgan fingerprint density at radius 2 is 2.15 bits per heavy atom. The summed E-state index contributed by atoms with van der Waals surface area (Å²) in [5.74, 6) is 1.56. The zero-order valence-electron chi connectivity index (χ0n) is 15.3. The second-order valence-corrected chi connectivity index (χ2v) is 8.29. The summed E-state index contributed by atoms with van der Waals surface area (Å²) in [5.41, 5.74) is 0.0366. The van der Waals surface area contributed by atoms with Gasteiger partial charge in [-0.15, -0.1) is 0 Å². The van der Waals surface area contributed by atoms with Crippen molar-refractivity contribution < 1.29 is 14.3 Å². The molecule has 8 heteroatoms. The highest BCUT2D eigenvalue weighted by Gasteiger charge is 2.42. The lowest BCUT2D eigenvalue weighted by Crippen LogP contribution is -2.41. The summed E-state index contributed by atoms with van der Waals surface area (Å²) in [5, 5.41) is 3.30. The topological polar surface area (TPSA) is 101 Å². The second-order valence-electron chi connectivity index (χ2n) is 7.32. The summed E-state index contributed by atoms with van der Waals surface area (Å²) >= 11 is 1.08. The summed E-state index contributed by atoms with van der Waals surface area (Å²) < 4.78 is 4.75. The lowest BCUT2D eigenvalue weighted by molar-refractivity contribution is -0.119. The van der Waals surface area contributed by atoms with Crippen LogP contribution in [-0.2, 0) is 9.53 Å². The first kappa shape index (κ1) is 18.9. The zero-order chi connectivity index (χ0) is 18.8. The molecular weight excluding hydrogens is 354 g/mol. The Hall–Kier alpha value is -1.83. The molecule has 0 aromatic carbocycles. The van der Waals surface area contributed by atoms with E-state index < -0.39 is 11.7 Å². The van der Waals surface area contributed by atoms with Gasteiger partial charge in [0.2, 0.25) is 5.91 Å². The van der Waals surface area contributed by atoms with Gasteiger partial charge in [0.1, 0.15) is 10.6 Å². The number of aromatic nitrogens is 2. The third kappa shape index (κ3) is 3.95. The van der Waals surface area contributed by atoms with E-state index in [4.69, 9.17) is 4.74 Å². The summed E-state index contributed by atoms with van der Waals surface area (Å²) in [7, 11) is 1.27. The normalized spacial score (nSPS) is 25.1. The standard InChI is InChI=1S/C18H25N3O4S/c1-9(13-7-11-4-5-12(13)6-11)19-14(22)8-26-16-15(17(23)25-3)10(2)20-18(24)21-16/h9,11-13H,4-8H2,1-3H3,(H,19,22)(H,20,21,24)/t9-,11-,12-,13-/m0/s1. The first-order valence-electron chi connectivity index (χ1n) is 9.00. The molecule has 7 nitrogen and oxygen atoms in total. The van der Waals surface area contributed by atoms with Crippen LogP contribution in [0.1, 0.15) is 48.7 Å². The zero-order valence-corrected chi connectivity index (χ0v) is 16.1. The molecule has 2 aliphatic rings. The SMILES string of the molecule is COC(=O)c1c(SCC(=O)N[C@@H](C)[C@@H]2C[C@H]3CC[C@H]2C3)nc(=O)[nH]c1C. The molecule has 1 aromatic rings. The number of hydrogen-bond acceptors (Lipinski definition) is 6. The molecule has 2 bridgehead atoms. The van der Waals surface area contributed by atoms with Crippen LogP contribution in [0, 0.1) is 24.7 Å². The fraction of sp³-hybridized carbons (Fsp3) is 0.667. The molecule has 1 amide bonds. The molecule has 0 saturated heterocycles. The number of methoxy groups -OCH3 is 1. The third-order valence-corrected chi connectivity index (χ3v) is 6.61. The first-order chi connectivity index (χ1) is 12.4. The molecular formula is C18H25N3O4S. The largest absolute Gasteiger partial charge is 0.465 e. The van der Waals surface area contributed by atoms with Gasteiger partial charge in [0.05, 0.1) is 12.9 Å². The number of esters is 1. The van der Waals surface area contributed by atoms with Crippen LogP contribution in [0.4, 0.5) is 0 Å². The van der Waals surface area contributed by atoms with Crippen LogP contribution < -0.4 is 11.0 Å². The van der Waals surface area contributed by atoms with Crippen molar-refractivity contribution in [2.75, 3.05) is 12.9 Å². The fourth-order valence-corrected chi connectivity index (χ4v) is 5.33. The summed E-state index contributed by atoms with van der Waals surface area (Å²) in [4.78, 5) is 42.2. The van der Waals surface area contributed by atoms with Crippen molar-refractivity contribution in [2.24, 2.45) is 17.8 Å². The number of rotatable bonds is 6. The molecule has 1 heterocycles. The van der Waals surface area contributed by atoms with Crippen LogP contribution in [0.2, 0.25) is 0 Å². The Morgan fingerprint density at radius 3 is 2.77 bits per heavy atom. The van der Waals surface area contributed by atoms with Crippen molar-refractivity contribution >= 4 is 23.6 Å². The van der Waals surface area contributed by atoms with Crippen molar-refractivity contribution in [2.45, 2.75) is 50.6 Å². The van der Waals surface area contributed by atoms with E-state index in [1.807, 2.05) is 0 Å². The van der Waals surface area contributed by atoms with Gasteiger partial charge in [0, 0.05) is 11.7 Å². The molecule has 142 valence electrons. The van der Waals surface area contributed by atoms with E-state index in [9.17, 15) is 14.4 Å². The van der Waals surface area contributed by atoms with Crippen LogP contribution in [0.3, 0.4) is 0 Å². The molecule has 2 N–H and O–H groups in total. The molecule has 2 saturated carbocycles. The molecule has 2 fully saturated rings. The average Bonchev–Trinajstić information content (AvgIpc) is 3.22. The molecule has 26 heavy (non-hydrogen) atoms. The average molecular weight is 379 g/mol. The van der Waals surface area contributed by atoms with Crippen molar-refractivity contribution in [1.29, 1.82) is 0 Å². The number of ether oxygens (including phenoxy) is 1. The maximum atomic E-state index is 12.3. The van der Waals surface area contributed by atoms with E-state index in [-0.39, 0.29) is 28.3 Å². The Kier molecular flexibility index (Phi) is 5.70. The maximum absolute atomic E-state index is 12.3. The van der Waals surface area contributed by atoms with Gasteiger partial charge in [-0.05, 0) is 50.9 Å². The minimum Gasteiger partial charge on any atom is -0.465 e. The van der Waals surface area contributed by atoms with Gasteiger partial charge in [-0.1, -0.05) is 18.2 Å². The lowest BCUT2D eigenvalue weighted by Gasteiger charge is -2.28. The van der Waals surface area contributed by atoms with Gasteiger partial charge < -0.3 is 15.0 Å². The van der Waals surface area contributed by atoms with E-state index in [1.54, 1.807) is 6.92 Å². The monoisotopic (exact) mass is 379 g/mol. The molecule has 0 unspecified atom stereocenters. The number of aromatic amines is 1. The summed E-state index contributed by atoms with van der Waals surface area (Å²) in [6.45, 7) is 3.68. The van der Waals surface area contributed by atoms with E-state index >= 15 is 0 Å². The number of thioether (sulfide) groups is 1. The number of aryl methyl sites for hydroxylation is 1. The minimum atomic E-state index is -0.579. The maximum Gasteiger partial charge on any atom is 0.346 e. The predicted molar refractivity (Wildman–Crippen MR) is 98.2 cm³/mol. The second kappa shape index (κ2) is 7.82. The van der Waals surface area contributed by atoms with Crippen molar-refractivity contribution in [3.05, 3.63) is 21.7 Å². The number of carbonyl (C=O) groups is 2. The highest BCUT2D eigenvalue weighted by Crippen LogP contribution is 2.49. The van der Waals surface area contributed by atoms with Gasteiger partial charge in [-0.25, -0.2) is 9.59 Å². The van der Waals surface area contributed by atoms with E-state index in [2.05, 4.69) is 22.2 Å². The number of fused-ring (bicyclic) bond motifs is 2. The molecule has 0 radical (unpaired) electrons. The van der Waals surface area contributed by atoms with Gasteiger partial charge in [0.25, 0.3) is 0 Å². The fourth-order valence-electron chi connectivity index (χ4n) is 4.45. The van der Waals surface area contributed by atoms with Crippen LogP contribution >= 0.6 is 11.8 Å². The van der Waals surface area contributed by atoms with Crippen molar-refractivity contribution in [1.82, 2.24) is 15.3 Å². The van der Waals surface area contributed by atoms with Crippen LogP contribution in [-0.4, -0.2) is 40.7 Å². The molecule has 0 spiro atoms.